The molecule has 1 saturated heterocycles. The number of carbonyl (C=O) groups excluding carboxylic acids is 2. The quantitative estimate of drug-likeness (QED) is 0.818. The van der Waals surface area contributed by atoms with Crippen LogP contribution in [0.15, 0.2) is 59.5 Å². The largest absolute Gasteiger partial charge is 0.463 e. The Balaban J connectivity index is 1.75. The third-order valence-corrected chi connectivity index (χ3v) is 4.94. The molecule has 1 N–H and O–H groups in total. The van der Waals surface area contributed by atoms with Crippen LogP contribution in [0.3, 0.4) is 0 Å². The summed E-state index contributed by atoms with van der Waals surface area (Å²) in [4.78, 5) is 23.6. The summed E-state index contributed by atoms with van der Waals surface area (Å²) in [5, 5.41) is 0. The second kappa shape index (κ2) is 6.94. The van der Waals surface area contributed by atoms with Crippen LogP contribution in [0.4, 0.5) is 5.69 Å². The topological polar surface area (TPSA) is 98.8 Å². The zero-order valence-corrected chi connectivity index (χ0v) is 13.9. The van der Waals surface area contributed by atoms with Crippen LogP contribution in [0.25, 0.3) is 0 Å². The highest BCUT2D eigenvalue weighted by molar-refractivity contribution is 7.92. The normalized spacial score (nSPS) is 17.0. The monoisotopic (exact) mass is 361 g/mol. The first-order valence-corrected chi connectivity index (χ1v) is 8.99. The molecule has 25 heavy (non-hydrogen) atoms. The number of ether oxygens (including phenoxy) is 2. The van der Waals surface area contributed by atoms with Gasteiger partial charge in [-0.1, -0.05) is 24.3 Å². The molecule has 0 aliphatic carbocycles. The number of rotatable bonds is 5. The van der Waals surface area contributed by atoms with Crippen LogP contribution in [-0.2, 0) is 24.3 Å². The molecule has 0 saturated carbocycles. The molecule has 0 unspecified atom stereocenters. The fraction of sp³-hybridized carbons (Fsp3) is 0.176. The van der Waals surface area contributed by atoms with Crippen LogP contribution in [0, 0.1) is 0 Å². The van der Waals surface area contributed by atoms with Crippen molar-refractivity contribution in [3.63, 3.8) is 0 Å². The minimum Gasteiger partial charge on any atom is -0.463 e. The van der Waals surface area contributed by atoms with Crippen molar-refractivity contribution >= 4 is 27.6 Å². The van der Waals surface area contributed by atoms with E-state index in [1.165, 1.54) is 36.4 Å². The maximum atomic E-state index is 12.3. The van der Waals surface area contributed by atoms with E-state index in [2.05, 4.69) is 4.72 Å². The number of hydrogen-bond acceptors (Lipinski definition) is 6. The molecule has 0 bridgehead atoms. The highest BCUT2D eigenvalue weighted by Gasteiger charge is 2.30. The molecule has 0 spiro atoms. The van der Waals surface area contributed by atoms with Crippen LogP contribution < -0.4 is 4.72 Å². The van der Waals surface area contributed by atoms with Gasteiger partial charge in [0.2, 0.25) is 6.10 Å². The number of cyclic esters (lactones) is 1. The van der Waals surface area contributed by atoms with Crippen LogP contribution in [0.5, 0.6) is 0 Å². The van der Waals surface area contributed by atoms with Gasteiger partial charge < -0.3 is 9.47 Å². The molecule has 2 aromatic carbocycles. The minimum atomic E-state index is -3.76. The average Bonchev–Trinajstić information content (AvgIpc) is 3.00. The highest BCUT2D eigenvalue weighted by atomic mass is 32.2. The van der Waals surface area contributed by atoms with E-state index in [1.807, 2.05) is 0 Å². The summed E-state index contributed by atoms with van der Waals surface area (Å²) < 4.78 is 36.9. The molecule has 1 aliphatic heterocycles. The number of carbonyl (C=O) groups is 2. The predicted octanol–water partition coefficient (Wildman–Crippen LogP) is 1.96. The van der Waals surface area contributed by atoms with Gasteiger partial charge in [0, 0.05) is 12.1 Å². The fourth-order valence-electron chi connectivity index (χ4n) is 2.31. The number of esters is 2. The van der Waals surface area contributed by atoms with Crippen molar-refractivity contribution in [3.8, 4) is 0 Å². The van der Waals surface area contributed by atoms with Gasteiger partial charge in [-0.25, -0.2) is 18.0 Å². The van der Waals surface area contributed by atoms with Gasteiger partial charge in [0.15, 0.2) is 0 Å². The summed E-state index contributed by atoms with van der Waals surface area (Å²) in [7, 11) is -3.76. The van der Waals surface area contributed by atoms with Crippen molar-refractivity contribution < 1.29 is 27.5 Å². The second-order valence-corrected chi connectivity index (χ2v) is 7.03. The summed E-state index contributed by atoms with van der Waals surface area (Å²) in [5.74, 6) is -1.29. The Morgan fingerprint density at radius 1 is 1.12 bits per heavy atom. The first kappa shape index (κ1) is 17.0. The molecule has 8 heteroatoms. The van der Waals surface area contributed by atoms with E-state index < -0.39 is 28.1 Å². The van der Waals surface area contributed by atoms with Crippen molar-refractivity contribution in [3.05, 3.63) is 60.2 Å². The van der Waals surface area contributed by atoms with E-state index in [9.17, 15) is 18.0 Å². The Kier molecular flexibility index (Phi) is 4.71. The van der Waals surface area contributed by atoms with Crippen molar-refractivity contribution in [1.29, 1.82) is 0 Å². The van der Waals surface area contributed by atoms with Gasteiger partial charge in [0.25, 0.3) is 10.0 Å². The summed E-state index contributed by atoms with van der Waals surface area (Å²) in [6.07, 6.45) is -0.609. The van der Waals surface area contributed by atoms with Crippen molar-refractivity contribution in [2.45, 2.75) is 17.4 Å². The highest BCUT2D eigenvalue weighted by Crippen LogP contribution is 2.19. The van der Waals surface area contributed by atoms with Crippen molar-refractivity contribution in [1.82, 2.24) is 0 Å². The van der Waals surface area contributed by atoms with Crippen molar-refractivity contribution in [2.24, 2.45) is 0 Å². The lowest BCUT2D eigenvalue weighted by atomic mass is 10.2. The molecule has 1 heterocycles. The zero-order valence-electron chi connectivity index (χ0n) is 13.0. The second-order valence-electron chi connectivity index (χ2n) is 5.35. The number of anilines is 1. The average molecular weight is 361 g/mol. The summed E-state index contributed by atoms with van der Waals surface area (Å²) in [6, 6.07) is 13.7. The molecule has 1 atom stereocenters. The fourth-order valence-corrected chi connectivity index (χ4v) is 3.38. The minimum absolute atomic E-state index is 0.108. The summed E-state index contributed by atoms with van der Waals surface area (Å²) in [6.45, 7) is 0.216. The van der Waals surface area contributed by atoms with Crippen molar-refractivity contribution in [2.75, 3.05) is 11.3 Å². The molecule has 2 aromatic rings. The molecular formula is C17H15NO6S. The Hall–Kier alpha value is -2.87. The van der Waals surface area contributed by atoms with E-state index in [1.54, 1.807) is 18.2 Å². The maximum Gasteiger partial charge on any atom is 0.347 e. The smallest absolute Gasteiger partial charge is 0.347 e. The molecule has 0 radical (unpaired) electrons. The first-order chi connectivity index (χ1) is 12.0. The Bertz CT molecular complexity index is 894. The summed E-state index contributed by atoms with van der Waals surface area (Å²) in [5.41, 5.74) is 0.347. The van der Waals surface area contributed by atoms with E-state index in [0.717, 1.165) is 0 Å². The van der Waals surface area contributed by atoms with E-state index in [0.29, 0.717) is 6.42 Å². The van der Waals surface area contributed by atoms with Gasteiger partial charge in [-0.3, -0.25) is 4.72 Å². The van der Waals surface area contributed by atoms with E-state index in [4.69, 9.17) is 9.47 Å². The summed E-state index contributed by atoms with van der Waals surface area (Å²) >= 11 is 0. The molecule has 7 nitrogen and oxygen atoms in total. The van der Waals surface area contributed by atoms with Crippen LogP contribution >= 0.6 is 0 Å². The van der Waals surface area contributed by atoms with E-state index >= 15 is 0 Å². The maximum absolute atomic E-state index is 12.3. The number of sulfonamides is 1. The van der Waals surface area contributed by atoms with Gasteiger partial charge >= 0.3 is 11.9 Å². The SMILES string of the molecule is O=C(O[C@H]1CCOC1=O)c1cccc(NS(=O)(=O)c2ccccc2)c1. The lowest BCUT2D eigenvalue weighted by molar-refractivity contribution is -0.145. The van der Waals surface area contributed by atoms with E-state index in [-0.39, 0.29) is 22.8 Å². The van der Waals surface area contributed by atoms with Gasteiger partial charge in [-0.05, 0) is 30.3 Å². The van der Waals surface area contributed by atoms with Crippen LogP contribution in [-0.4, -0.2) is 33.1 Å². The molecule has 0 aromatic heterocycles. The van der Waals surface area contributed by atoms with Crippen LogP contribution in [0.2, 0.25) is 0 Å². The van der Waals surface area contributed by atoms with Crippen LogP contribution in [0.1, 0.15) is 16.8 Å². The lowest BCUT2D eigenvalue weighted by Crippen LogP contribution is -2.22. The van der Waals surface area contributed by atoms with Gasteiger partial charge in [-0.2, -0.15) is 0 Å². The Morgan fingerprint density at radius 2 is 1.88 bits per heavy atom. The molecular weight excluding hydrogens is 346 g/mol. The zero-order chi connectivity index (χ0) is 17.9. The number of nitrogens with one attached hydrogen (secondary N) is 1. The molecule has 1 aliphatic rings. The van der Waals surface area contributed by atoms with Gasteiger partial charge in [0.1, 0.15) is 0 Å². The predicted molar refractivity (Wildman–Crippen MR) is 88.5 cm³/mol. The van der Waals surface area contributed by atoms with Gasteiger partial charge in [-0.15, -0.1) is 0 Å². The lowest BCUT2D eigenvalue weighted by Gasteiger charge is -2.11. The standard InChI is InChI=1S/C17H15NO6S/c19-16(24-15-9-10-23-17(15)20)12-5-4-6-13(11-12)18-25(21,22)14-7-2-1-3-8-14/h1-8,11,15,18H,9-10H2/t15-/m0/s1. The molecule has 130 valence electrons. The number of hydrogen-bond donors (Lipinski definition) is 1. The molecule has 1 fully saturated rings. The third kappa shape index (κ3) is 3.97. The van der Waals surface area contributed by atoms with Gasteiger partial charge in [0.05, 0.1) is 17.1 Å². The number of benzene rings is 2. The Labute approximate surface area is 144 Å². The first-order valence-electron chi connectivity index (χ1n) is 7.51. The molecule has 3 rings (SSSR count). The Morgan fingerprint density at radius 3 is 2.56 bits per heavy atom. The molecule has 0 amide bonds. The third-order valence-electron chi connectivity index (χ3n) is 3.54.